The molecule has 1 aliphatic heterocycles. The number of ketones is 1. The van der Waals surface area contributed by atoms with Crippen LogP contribution in [0.25, 0.3) is 11.0 Å². The van der Waals surface area contributed by atoms with E-state index in [4.69, 9.17) is 4.42 Å². The number of amides is 1. The van der Waals surface area contributed by atoms with Gasteiger partial charge < -0.3 is 9.73 Å². The highest BCUT2D eigenvalue weighted by atomic mass is 16.3. The minimum atomic E-state index is -0.272. The Labute approximate surface area is 116 Å². The molecule has 2 heterocycles. The van der Waals surface area contributed by atoms with E-state index in [-0.39, 0.29) is 24.3 Å². The summed E-state index contributed by atoms with van der Waals surface area (Å²) in [4.78, 5) is 25.9. The number of nitrogens with one attached hydrogen (secondary N) is 1. The average molecular weight is 272 g/mol. The largest absolute Gasteiger partial charge is 0.464 e. The number of carbonyl (C=O) groups excluding carboxylic acids is 2. The molecule has 0 saturated carbocycles. The standard InChI is InChI=1S/C15H16N2O3/c1-10-15(19)16-6-7-17(10)8-13(18)12-9-20-14-5-3-2-4-11(12)14/h2-5,9-10H,6-8H2,1H3,(H,16,19). The van der Waals surface area contributed by atoms with Gasteiger partial charge in [-0.2, -0.15) is 0 Å². The summed E-state index contributed by atoms with van der Waals surface area (Å²) >= 11 is 0. The van der Waals surface area contributed by atoms with Gasteiger partial charge in [-0.05, 0) is 13.0 Å². The van der Waals surface area contributed by atoms with Gasteiger partial charge in [0.15, 0.2) is 5.78 Å². The number of furan rings is 1. The second-order valence-corrected chi connectivity index (χ2v) is 5.01. The van der Waals surface area contributed by atoms with Crippen molar-refractivity contribution in [3.05, 3.63) is 36.1 Å². The number of fused-ring (bicyclic) bond motifs is 1. The summed E-state index contributed by atoms with van der Waals surface area (Å²) in [6.45, 7) is 3.32. The van der Waals surface area contributed by atoms with Crippen molar-refractivity contribution in [3.63, 3.8) is 0 Å². The average Bonchev–Trinajstić information content (AvgIpc) is 2.88. The Balaban J connectivity index is 1.81. The van der Waals surface area contributed by atoms with Crippen molar-refractivity contribution < 1.29 is 14.0 Å². The molecule has 1 saturated heterocycles. The Bertz CT molecular complexity index is 662. The topological polar surface area (TPSA) is 62.6 Å². The number of nitrogens with zero attached hydrogens (tertiary/aromatic N) is 1. The Morgan fingerprint density at radius 3 is 3.10 bits per heavy atom. The third-order valence-corrected chi connectivity index (χ3v) is 3.75. The Hall–Kier alpha value is -2.14. The maximum absolute atomic E-state index is 12.4. The monoisotopic (exact) mass is 272 g/mol. The van der Waals surface area contributed by atoms with Crippen LogP contribution in [0.15, 0.2) is 34.9 Å². The number of benzene rings is 1. The van der Waals surface area contributed by atoms with Crippen LogP contribution >= 0.6 is 0 Å². The van der Waals surface area contributed by atoms with E-state index in [0.29, 0.717) is 24.2 Å². The number of piperazine rings is 1. The summed E-state index contributed by atoms with van der Waals surface area (Å²) in [5.74, 6) is -0.0439. The van der Waals surface area contributed by atoms with Crippen LogP contribution in [-0.2, 0) is 4.79 Å². The quantitative estimate of drug-likeness (QED) is 0.859. The Morgan fingerprint density at radius 2 is 2.25 bits per heavy atom. The number of para-hydroxylation sites is 1. The lowest BCUT2D eigenvalue weighted by atomic mass is 10.1. The molecule has 1 aromatic heterocycles. The summed E-state index contributed by atoms with van der Waals surface area (Å²) < 4.78 is 5.39. The lowest BCUT2D eigenvalue weighted by molar-refractivity contribution is -0.127. The van der Waals surface area contributed by atoms with E-state index >= 15 is 0 Å². The molecular weight excluding hydrogens is 256 g/mol. The van der Waals surface area contributed by atoms with E-state index in [1.807, 2.05) is 36.1 Å². The number of rotatable bonds is 3. The van der Waals surface area contributed by atoms with Crippen LogP contribution in [0.5, 0.6) is 0 Å². The lowest BCUT2D eigenvalue weighted by Gasteiger charge is -2.31. The molecule has 1 fully saturated rings. The molecule has 0 bridgehead atoms. The maximum Gasteiger partial charge on any atom is 0.237 e. The number of hydrogen-bond donors (Lipinski definition) is 1. The lowest BCUT2D eigenvalue weighted by Crippen LogP contribution is -2.55. The summed E-state index contributed by atoms with van der Waals surface area (Å²) in [5.41, 5.74) is 1.29. The first-order valence-corrected chi connectivity index (χ1v) is 6.68. The fourth-order valence-corrected chi connectivity index (χ4v) is 2.51. The van der Waals surface area contributed by atoms with E-state index in [2.05, 4.69) is 5.32 Å². The van der Waals surface area contributed by atoms with Gasteiger partial charge >= 0.3 is 0 Å². The molecule has 1 unspecified atom stereocenters. The molecule has 2 aromatic rings. The van der Waals surface area contributed by atoms with Crippen molar-refractivity contribution in [1.29, 1.82) is 0 Å². The van der Waals surface area contributed by atoms with Gasteiger partial charge in [0, 0.05) is 18.5 Å². The van der Waals surface area contributed by atoms with E-state index in [9.17, 15) is 9.59 Å². The highest BCUT2D eigenvalue weighted by Gasteiger charge is 2.27. The predicted octanol–water partition coefficient (Wildman–Crippen LogP) is 1.44. The van der Waals surface area contributed by atoms with Crippen LogP contribution in [0.2, 0.25) is 0 Å². The molecule has 104 valence electrons. The number of hydrogen-bond acceptors (Lipinski definition) is 4. The summed E-state index contributed by atoms with van der Waals surface area (Å²) in [7, 11) is 0. The highest BCUT2D eigenvalue weighted by Crippen LogP contribution is 2.21. The first kappa shape index (κ1) is 12.9. The molecule has 0 spiro atoms. The Kier molecular flexibility index (Phi) is 3.28. The van der Waals surface area contributed by atoms with Gasteiger partial charge in [0.1, 0.15) is 11.8 Å². The minimum absolute atomic E-state index is 0.0171. The maximum atomic E-state index is 12.4. The molecule has 5 heteroatoms. The van der Waals surface area contributed by atoms with Crippen LogP contribution in [0.1, 0.15) is 17.3 Å². The van der Waals surface area contributed by atoms with E-state index in [1.165, 1.54) is 6.26 Å². The van der Waals surface area contributed by atoms with E-state index in [1.54, 1.807) is 0 Å². The fourth-order valence-electron chi connectivity index (χ4n) is 2.51. The van der Waals surface area contributed by atoms with Crippen molar-refractivity contribution in [3.8, 4) is 0 Å². The second-order valence-electron chi connectivity index (χ2n) is 5.01. The van der Waals surface area contributed by atoms with Gasteiger partial charge in [-0.25, -0.2) is 0 Å². The first-order chi connectivity index (χ1) is 9.66. The highest BCUT2D eigenvalue weighted by molar-refractivity contribution is 6.08. The van der Waals surface area contributed by atoms with Gasteiger partial charge in [-0.15, -0.1) is 0 Å². The molecule has 1 amide bonds. The molecule has 1 atom stereocenters. The van der Waals surface area contributed by atoms with Crippen LogP contribution < -0.4 is 5.32 Å². The normalized spacial score (nSPS) is 20.1. The third kappa shape index (κ3) is 2.20. The van der Waals surface area contributed by atoms with E-state index in [0.717, 1.165) is 5.39 Å². The second kappa shape index (κ2) is 5.09. The van der Waals surface area contributed by atoms with Crippen molar-refractivity contribution in [2.24, 2.45) is 0 Å². The summed E-state index contributed by atoms with van der Waals surface area (Å²) in [6, 6.07) is 7.19. The predicted molar refractivity (Wildman–Crippen MR) is 74.6 cm³/mol. The van der Waals surface area contributed by atoms with Crippen molar-refractivity contribution in [2.45, 2.75) is 13.0 Å². The minimum Gasteiger partial charge on any atom is -0.464 e. The molecule has 1 aromatic carbocycles. The molecule has 0 aliphatic carbocycles. The molecule has 1 N–H and O–H groups in total. The Morgan fingerprint density at radius 1 is 1.45 bits per heavy atom. The van der Waals surface area contributed by atoms with Crippen molar-refractivity contribution in [1.82, 2.24) is 10.2 Å². The van der Waals surface area contributed by atoms with Crippen LogP contribution in [0.3, 0.4) is 0 Å². The summed E-state index contributed by atoms with van der Waals surface area (Å²) in [6.07, 6.45) is 1.50. The van der Waals surface area contributed by atoms with Gasteiger partial charge in [0.05, 0.1) is 18.2 Å². The molecule has 0 radical (unpaired) electrons. The third-order valence-electron chi connectivity index (χ3n) is 3.75. The zero-order chi connectivity index (χ0) is 14.1. The van der Waals surface area contributed by atoms with Gasteiger partial charge in [-0.3, -0.25) is 14.5 Å². The molecule has 3 rings (SSSR count). The zero-order valence-electron chi connectivity index (χ0n) is 11.3. The first-order valence-electron chi connectivity index (χ1n) is 6.68. The smallest absolute Gasteiger partial charge is 0.237 e. The molecular formula is C15H16N2O3. The van der Waals surface area contributed by atoms with E-state index < -0.39 is 0 Å². The van der Waals surface area contributed by atoms with Gasteiger partial charge in [0.25, 0.3) is 0 Å². The van der Waals surface area contributed by atoms with Crippen molar-refractivity contribution in [2.75, 3.05) is 19.6 Å². The molecule has 5 nitrogen and oxygen atoms in total. The SMILES string of the molecule is CC1C(=O)NCCN1CC(=O)c1coc2ccccc12. The van der Waals surface area contributed by atoms with Crippen LogP contribution in [-0.4, -0.2) is 42.3 Å². The molecule has 1 aliphatic rings. The fraction of sp³-hybridized carbons (Fsp3) is 0.333. The summed E-state index contributed by atoms with van der Waals surface area (Å²) in [5, 5.41) is 3.61. The van der Waals surface area contributed by atoms with Crippen LogP contribution in [0.4, 0.5) is 0 Å². The van der Waals surface area contributed by atoms with Gasteiger partial charge in [-0.1, -0.05) is 18.2 Å². The molecule has 20 heavy (non-hydrogen) atoms. The van der Waals surface area contributed by atoms with Crippen LogP contribution in [0, 0.1) is 0 Å². The number of carbonyl (C=O) groups is 2. The zero-order valence-corrected chi connectivity index (χ0v) is 11.3. The van der Waals surface area contributed by atoms with Crippen molar-refractivity contribution >= 4 is 22.7 Å². The van der Waals surface area contributed by atoms with Gasteiger partial charge in [0.2, 0.25) is 5.91 Å². The number of Topliss-reactive ketones (excluding diaryl/α,β-unsaturated/α-hetero) is 1.